The van der Waals surface area contributed by atoms with Crippen LogP contribution in [0, 0.1) is 41.5 Å². The number of benzene rings is 6. The van der Waals surface area contributed by atoms with Crippen molar-refractivity contribution >= 4 is 44.2 Å². The molecule has 0 aliphatic rings. The molecule has 0 bridgehead atoms. The molecule has 0 spiro atoms. The molecule has 3 heterocycles. The van der Waals surface area contributed by atoms with Gasteiger partial charge in [0.25, 0.3) is 0 Å². The van der Waals surface area contributed by atoms with Gasteiger partial charge in [-0.15, -0.1) is 11.3 Å². The highest BCUT2D eigenvalue weighted by Crippen LogP contribution is 2.47. The van der Waals surface area contributed by atoms with Crippen LogP contribution in [0.4, 0.5) is 0 Å². The number of hydrogen-bond donors (Lipinski definition) is 0. The predicted molar refractivity (Wildman–Crippen MR) is 218 cm³/mol. The van der Waals surface area contributed by atoms with Crippen molar-refractivity contribution in [3.05, 3.63) is 161 Å². The van der Waals surface area contributed by atoms with Gasteiger partial charge in [0.1, 0.15) is 5.82 Å². The standard InChI is InChI=1S/C47H39N3S/c1-28-22-30(3)44(31(4)23-28)43-27-42(46(51-43)45-32(5)24-29(2)25-33(45)6)50-41-26-35(20-21-38(41)48-47(50)34-14-8-7-9-15-34)49-39-18-12-10-16-36(39)37-17-11-13-19-40(37)49/h7-27H,1-6H3. The largest absolute Gasteiger partial charge is 0.309 e. The minimum Gasteiger partial charge on any atom is -0.309 e. The molecule has 0 atom stereocenters. The van der Waals surface area contributed by atoms with Gasteiger partial charge < -0.3 is 4.57 Å². The predicted octanol–water partition coefficient (Wildman–Crippen LogP) is 13.0. The third kappa shape index (κ3) is 5.05. The smallest absolute Gasteiger partial charge is 0.145 e. The van der Waals surface area contributed by atoms with Crippen LogP contribution < -0.4 is 0 Å². The van der Waals surface area contributed by atoms with E-state index in [-0.39, 0.29) is 0 Å². The zero-order chi connectivity index (χ0) is 35.0. The second-order valence-electron chi connectivity index (χ2n) is 14.1. The topological polar surface area (TPSA) is 22.8 Å². The molecule has 0 unspecified atom stereocenters. The Balaban J connectivity index is 1.40. The van der Waals surface area contributed by atoms with Crippen LogP contribution in [0.2, 0.25) is 0 Å². The third-order valence-electron chi connectivity index (χ3n) is 10.3. The molecule has 4 heteroatoms. The number of imidazole rings is 1. The summed E-state index contributed by atoms with van der Waals surface area (Å²) in [7, 11) is 0. The average molecular weight is 678 g/mol. The second kappa shape index (κ2) is 12.0. The summed E-state index contributed by atoms with van der Waals surface area (Å²) in [6.07, 6.45) is 0. The fraction of sp³-hybridized carbons (Fsp3) is 0.128. The van der Waals surface area contributed by atoms with Gasteiger partial charge >= 0.3 is 0 Å². The Bertz CT molecular complexity index is 2710. The Labute approximate surface area is 303 Å². The van der Waals surface area contributed by atoms with Gasteiger partial charge in [0.2, 0.25) is 0 Å². The zero-order valence-corrected chi connectivity index (χ0v) is 30.7. The third-order valence-corrected chi connectivity index (χ3v) is 11.4. The van der Waals surface area contributed by atoms with Gasteiger partial charge in [-0.3, -0.25) is 4.57 Å². The van der Waals surface area contributed by atoms with Gasteiger partial charge in [-0.05, 0) is 111 Å². The number of nitrogens with zero attached hydrogens (tertiary/aromatic N) is 3. The van der Waals surface area contributed by atoms with E-state index in [2.05, 4.69) is 178 Å². The van der Waals surface area contributed by atoms with Crippen LogP contribution >= 0.6 is 11.3 Å². The van der Waals surface area contributed by atoms with Crippen molar-refractivity contribution in [1.29, 1.82) is 0 Å². The van der Waals surface area contributed by atoms with Gasteiger partial charge in [0.05, 0.1) is 32.6 Å². The molecule has 51 heavy (non-hydrogen) atoms. The molecule has 9 rings (SSSR count). The van der Waals surface area contributed by atoms with Crippen molar-refractivity contribution in [3.8, 4) is 43.6 Å². The molecule has 0 saturated carbocycles. The molecule has 0 amide bonds. The van der Waals surface area contributed by atoms with Crippen LogP contribution in [0.3, 0.4) is 0 Å². The monoisotopic (exact) mass is 677 g/mol. The summed E-state index contributed by atoms with van der Waals surface area (Å²) < 4.78 is 4.83. The molecule has 6 aromatic carbocycles. The Hall–Kier alpha value is -5.71. The van der Waals surface area contributed by atoms with Gasteiger partial charge in [0, 0.05) is 26.9 Å². The maximum absolute atomic E-state index is 5.39. The molecule has 3 aromatic heterocycles. The number of thiophene rings is 1. The summed E-state index contributed by atoms with van der Waals surface area (Å²) in [4.78, 5) is 7.92. The van der Waals surface area contributed by atoms with Crippen molar-refractivity contribution in [1.82, 2.24) is 14.1 Å². The molecule has 0 N–H and O–H groups in total. The minimum absolute atomic E-state index is 0.940. The molecule has 0 saturated heterocycles. The summed E-state index contributed by atoms with van der Waals surface area (Å²) >= 11 is 1.90. The zero-order valence-electron chi connectivity index (χ0n) is 29.9. The van der Waals surface area contributed by atoms with Crippen LogP contribution in [0.1, 0.15) is 33.4 Å². The van der Waals surface area contributed by atoms with Crippen molar-refractivity contribution in [2.75, 3.05) is 0 Å². The highest BCUT2D eigenvalue weighted by atomic mass is 32.1. The lowest BCUT2D eigenvalue weighted by Crippen LogP contribution is -2.00. The van der Waals surface area contributed by atoms with E-state index in [9.17, 15) is 0 Å². The van der Waals surface area contributed by atoms with Gasteiger partial charge in [0.15, 0.2) is 0 Å². The normalized spacial score (nSPS) is 11.7. The molecule has 0 aliphatic heterocycles. The molecule has 3 nitrogen and oxygen atoms in total. The van der Waals surface area contributed by atoms with Crippen LogP contribution in [0.5, 0.6) is 0 Å². The van der Waals surface area contributed by atoms with E-state index in [0.717, 1.165) is 33.8 Å². The van der Waals surface area contributed by atoms with E-state index in [0.29, 0.717) is 0 Å². The minimum atomic E-state index is 0.940. The lowest BCUT2D eigenvalue weighted by Gasteiger charge is -2.15. The molecule has 9 aromatic rings. The summed E-state index contributed by atoms with van der Waals surface area (Å²) in [6.45, 7) is 13.4. The van der Waals surface area contributed by atoms with Gasteiger partial charge in [-0.1, -0.05) is 102 Å². The number of fused-ring (bicyclic) bond motifs is 4. The maximum Gasteiger partial charge on any atom is 0.145 e. The van der Waals surface area contributed by atoms with E-state index in [1.54, 1.807) is 0 Å². The molecule has 0 aliphatic carbocycles. The van der Waals surface area contributed by atoms with Gasteiger partial charge in [-0.25, -0.2) is 4.98 Å². The first-order valence-corrected chi connectivity index (χ1v) is 18.5. The Morgan fingerprint density at radius 3 is 1.65 bits per heavy atom. The Kier molecular flexibility index (Phi) is 7.34. The van der Waals surface area contributed by atoms with Crippen molar-refractivity contribution in [3.63, 3.8) is 0 Å². The molecule has 0 radical (unpaired) electrons. The van der Waals surface area contributed by atoms with Crippen LogP contribution in [-0.2, 0) is 0 Å². The lowest BCUT2D eigenvalue weighted by atomic mass is 9.97. The van der Waals surface area contributed by atoms with E-state index in [1.807, 2.05) is 11.3 Å². The Morgan fingerprint density at radius 2 is 1.04 bits per heavy atom. The molecule has 248 valence electrons. The summed E-state index contributed by atoms with van der Waals surface area (Å²) in [5.74, 6) is 0.940. The lowest BCUT2D eigenvalue weighted by molar-refractivity contribution is 1.11. The van der Waals surface area contributed by atoms with E-state index in [4.69, 9.17) is 4.98 Å². The number of aryl methyl sites for hydroxylation is 6. The fourth-order valence-corrected chi connectivity index (χ4v) is 9.88. The fourth-order valence-electron chi connectivity index (χ4n) is 8.38. The first kappa shape index (κ1) is 31.3. The summed E-state index contributed by atoms with van der Waals surface area (Å²) in [5.41, 5.74) is 18.2. The van der Waals surface area contributed by atoms with E-state index < -0.39 is 0 Å². The summed E-state index contributed by atoms with van der Waals surface area (Å²) in [5, 5.41) is 2.51. The number of para-hydroxylation sites is 2. The number of hydrogen-bond acceptors (Lipinski definition) is 2. The second-order valence-corrected chi connectivity index (χ2v) is 15.1. The first-order valence-electron chi connectivity index (χ1n) is 17.6. The highest BCUT2D eigenvalue weighted by molar-refractivity contribution is 7.19. The van der Waals surface area contributed by atoms with Crippen LogP contribution in [-0.4, -0.2) is 14.1 Å². The number of aromatic nitrogens is 3. The molecular formula is C47H39N3S. The summed E-state index contributed by atoms with van der Waals surface area (Å²) in [6, 6.07) is 46.5. The Morgan fingerprint density at radius 1 is 0.490 bits per heavy atom. The van der Waals surface area contributed by atoms with Crippen molar-refractivity contribution in [2.24, 2.45) is 0 Å². The van der Waals surface area contributed by atoms with Crippen molar-refractivity contribution < 1.29 is 0 Å². The SMILES string of the molecule is Cc1cc(C)c(-c2cc(-n3c(-c4ccccc4)nc4ccc(-n5c6ccccc6c6ccccc65)cc43)c(-c3c(C)cc(C)cc3C)s2)c(C)c1. The van der Waals surface area contributed by atoms with Crippen molar-refractivity contribution in [2.45, 2.75) is 41.5 Å². The number of rotatable bonds is 5. The molecular weight excluding hydrogens is 639 g/mol. The maximum atomic E-state index is 5.39. The van der Waals surface area contributed by atoms with E-state index >= 15 is 0 Å². The molecule has 0 fully saturated rings. The average Bonchev–Trinajstić information content (AvgIpc) is 3.79. The van der Waals surface area contributed by atoms with Gasteiger partial charge in [-0.2, -0.15) is 0 Å². The quantitative estimate of drug-likeness (QED) is 0.178. The first-order chi connectivity index (χ1) is 24.8. The highest BCUT2D eigenvalue weighted by Gasteiger charge is 2.24. The van der Waals surface area contributed by atoms with Crippen LogP contribution in [0.15, 0.2) is 127 Å². The van der Waals surface area contributed by atoms with E-state index in [1.165, 1.54) is 76.1 Å². The van der Waals surface area contributed by atoms with Crippen LogP contribution in [0.25, 0.3) is 76.5 Å².